The van der Waals surface area contributed by atoms with E-state index in [1.165, 1.54) is 17.5 Å². The Morgan fingerprint density at radius 2 is 2.42 bits per heavy atom. The SMILES string of the molecule is O=C(c1ncc(Cl)s1)N1CCC1. The molecule has 2 heterocycles. The van der Waals surface area contributed by atoms with Crippen LogP contribution in [0.15, 0.2) is 6.20 Å². The van der Waals surface area contributed by atoms with E-state index in [2.05, 4.69) is 4.98 Å². The number of halogens is 1. The molecule has 0 aliphatic carbocycles. The smallest absolute Gasteiger partial charge is 0.282 e. The van der Waals surface area contributed by atoms with Crippen LogP contribution in [0.5, 0.6) is 0 Å². The number of amides is 1. The number of nitrogens with zero attached hydrogens (tertiary/aromatic N) is 2. The fourth-order valence-corrected chi connectivity index (χ4v) is 1.89. The average Bonchev–Trinajstić information content (AvgIpc) is 2.31. The molecule has 3 nitrogen and oxygen atoms in total. The van der Waals surface area contributed by atoms with Gasteiger partial charge in [-0.15, -0.1) is 0 Å². The molecule has 5 heteroatoms. The number of thiazole rings is 1. The summed E-state index contributed by atoms with van der Waals surface area (Å²) in [7, 11) is 0. The van der Waals surface area contributed by atoms with Gasteiger partial charge >= 0.3 is 0 Å². The predicted octanol–water partition coefficient (Wildman–Crippen LogP) is 1.64. The third kappa shape index (κ3) is 1.32. The number of hydrogen-bond acceptors (Lipinski definition) is 3. The minimum absolute atomic E-state index is 0.0122. The van der Waals surface area contributed by atoms with Crippen molar-refractivity contribution in [2.24, 2.45) is 0 Å². The lowest BCUT2D eigenvalue weighted by atomic mass is 10.2. The molecule has 0 aromatic carbocycles. The molecule has 0 atom stereocenters. The van der Waals surface area contributed by atoms with Crippen LogP contribution in [0, 0.1) is 0 Å². The first-order chi connectivity index (χ1) is 5.77. The Bertz CT molecular complexity index is 308. The third-order valence-corrected chi connectivity index (χ3v) is 2.91. The molecule has 1 fully saturated rings. The maximum absolute atomic E-state index is 11.5. The van der Waals surface area contributed by atoms with Crippen LogP contribution >= 0.6 is 22.9 Å². The second kappa shape index (κ2) is 3.03. The summed E-state index contributed by atoms with van der Waals surface area (Å²) in [4.78, 5) is 17.1. The number of rotatable bonds is 1. The van der Waals surface area contributed by atoms with Gasteiger partial charge in [-0.2, -0.15) is 0 Å². The minimum Gasteiger partial charge on any atom is -0.336 e. The van der Waals surface area contributed by atoms with Gasteiger partial charge in [0.15, 0.2) is 5.01 Å². The van der Waals surface area contributed by atoms with E-state index >= 15 is 0 Å². The van der Waals surface area contributed by atoms with Gasteiger partial charge in [0.25, 0.3) is 5.91 Å². The zero-order chi connectivity index (χ0) is 8.55. The summed E-state index contributed by atoms with van der Waals surface area (Å²) in [5, 5.41) is 0.500. The maximum atomic E-state index is 11.5. The highest BCUT2D eigenvalue weighted by atomic mass is 35.5. The van der Waals surface area contributed by atoms with Crippen LogP contribution in [0.3, 0.4) is 0 Å². The summed E-state index contributed by atoms with van der Waals surface area (Å²) in [5.74, 6) is 0.0122. The Morgan fingerprint density at radius 3 is 2.83 bits per heavy atom. The predicted molar refractivity (Wildman–Crippen MR) is 47.6 cm³/mol. The first-order valence-electron chi connectivity index (χ1n) is 3.68. The zero-order valence-corrected chi connectivity index (χ0v) is 7.86. The van der Waals surface area contributed by atoms with Gasteiger partial charge in [0.05, 0.1) is 6.20 Å². The van der Waals surface area contributed by atoms with E-state index in [0.29, 0.717) is 9.34 Å². The molecular weight excluding hydrogens is 196 g/mol. The fourth-order valence-electron chi connectivity index (χ4n) is 1.01. The van der Waals surface area contributed by atoms with Gasteiger partial charge < -0.3 is 4.90 Å². The molecule has 0 N–H and O–H groups in total. The minimum atomic E-state index is 0.0122. The number of carbonyl (C=O) groups is 1. The van der Waals surface area contributed by atoms with Crippen LogP contribution < -0.4 is 0 Å². The Balaban J connectivity index is 2.13. The van der Waals surface area contributed by atoms with Gasteiger partial charge in [0.1, 0.15) is 4.34 Å². The number of likely N-dealkylation sites (tertiary alicyclic amines) is 1. The van der Waals surface area contributed by atoms with E-state index in [1.54, 1.807) is 4.90 Å². The van der Waals surface area contributed by atoms with E-state index in [0.717, 1.165) is 19.5 Å². The summed E-state index contributed by atoms with van der Waals surface area (Å²) >= 11 is 6.89. The molecule has 1 aromatic rings. The van der Waals surface area contributed by atoms with E-state index in [4.69, 9.17) is 11.6 Å². The van der Waals surface area contributed by atoms with Gasteiger partial charge in [-0.25, -0.2) is 4.98 Å². The van der Waals surface area contributed by atoms with Crippen molar-refractivity contribution in [2.45, 2.75) is 6.42 Å². The van der Waals surface area contributed by atoms with Crippen molar-refractivity contribution < 1.29 is 4.79 Å². The Kier molecular flexibility index (Phi) is 2.02. The lowest BCUT2D eigenvalue weighted by molar-refractivity contribution is 0.0651. The van der Waals surface area contributed by atoms with Gasteiger partial charge in [-0.1, -0.05) is 22.9 Å². The van der Waals surface area contributed by atoms with Crippen LogP contribution in [0.4, 0.5) is 0 Å². The zero-order valence-electron chi connectivity index (χ0n) is 6.29. The molecule has 1 saturated heterocycles. The standard InChI is InChI=1S/C7H7ClN2OS/c8-5-4-9-6(12-5)7(11)10-2-1-3-10/h4H,1-3H2. The molecule has 2 rings (SSSR count). The van der Waals surface area contributed by atoms with E-state index < -0.39 is 0 Å². The number of hydrogen-bond donors (Lipinski definition) is 0. The summed E-state index contributed by atoms with van der Waals surface area (Å²) in [5.41, 5.74) is 0. The molecule has 0 spiro atoms. The lowest BCUT2D eigenvalue weighted by Gasteiger charge is -2.29. The average molecular weight is 203 g/mol. The molecule has 0 saturated carbocycles. The topological polar surface area (TPSA) is 33.2 Å². The van der Waals surface area contributed by atoms with Gasteiger partial charge in [-0.3, -0.25) is 4.79 Å². The molecule has 0 radical (unpaired) electrons. The Morgan fingerprint density at radius 1 is 1.67 bits per heavy atom. The van der Waals surface area contributed by atoms with Crippen LogP contribution in [0.1, 0.15) is 16.2 Å². The maximum Gasteiger partial charge on any atom is 0.282 e. The highest BCUT2D eigenvalue weighted by molar-refractivity contribution is 7.17. The van der Waals surface area contributed by atoms with Crippen LogP contribution in [0.25, 0.3) is 0 Å². The highest BCUT2D eigenvalue weighted by Gasteiger charge is 2.23. The monoisotopic (exact) mass is 202 g/mol. The van der Waals surface area contributed by atoms with Crippen molar-refractivity contribution >= 4 is 28.8 Å². The second-order valence-electron chi connectivity index (χ2n) is 2.62. The van der Waals surface area contributed by atoms with Crippen LogP contribution in [-0.4, -0.2) is 28.9 Å². The molecule has 1 amide bonds. The molecule has 12 heavy (non-hydrogen) atoms. The summed E-state index contributed by atoms with van der Waals surface area (Å²) in [6.07, 6.45) is 2.62. The van der Waals surface area contributed by atoms with Crippen molar-refractivity contribution in [1.82, 2.24) is 9.88 Å². The largest absolute Gasteiger partial charge is 0.336 e. The first kappa shape index (κ1) is 8.01. The molecule has 1 aliphatic heterocycles. The van der Waals surface area contributed by atoms with Crippen molar-refractivity contribution in [3.63, 3.8) is 0 Å². The molecular formula is C7H7ClN2OS. The Labute approximate surface area is 79.0 Å². The fraction of sp³-hybridized carbons (Fsp3) is 0.429. The normalized spacial score (nSPS) is 15.9. The van der Waals surface area contributed by atoms with Crippen LogP contribution in [0.2, 0.25) is 4.34 Å². The van der Waals surface area contributed by atoms with E-state index in [9.17, 15) is 4.79 Å². The third-order valence-electron chi connectivity index (χ3n) is 1.80. The second-order valence-corrected chi connectivity index (χ2v) is 4.28. The quantitative estimate of drug-likeness (QED) is 0.694. The van der Waals surface area contributed by atoms with E-state index in [1.807, 2.05) is 0 Å². The summed E-state index contributed by atoms with van der Waals surface area (Å²) in [6.45, 7) is 1.71. The van der Waals surface area contributed by atoms with Gasteiger partial charge in [-0.05, 0) is 6.42 Å². The molecule has 64 valence electrons. The molecule has 0 bridgehead atoms. The Hall–Kier alpha value is -0.610. The summed E-state index contributed by atoms with van der Waals surface area (Å²) in [6, 6.07) is 0. The molecule has 1 aromatic heterocycles. The summed E-state index contributed by atoms with van der Waals surface area (Å²) < 4.78 is 0.568. The van der Waals surface area contributed by atoms with Crippen LogP contribution in [-0.2, 0) is 0 Å². The van der Waals surface area contributed by atoms with Crippen molar-refractivity contribution in [3.05, 3.63) is 15.5 Å². The number of aromatic nitrogens is 1. The van der Waals surface area contributed by atoms with Gasteiger partial charge in [0, 0.05) is 13.1 Å². The molecule has 1 aliphatic rings. The lowest BCUT2D eigenvalue weighted by Crippen LogP contribution is -2.41. The molecule has 0 unspecified atom stereocenters. The highest BCUT2D eigenvalue weighted by Crippen LogP contribution is 2.21. The van der Waals surface area contributed by atoms with Crippen molar-refractivity contribution in [2.75, 3.05) is 13.1 Å². The van der Waals surface area contributed by atoms with Crippen molar-refractivity contribution in [3.8, 4) is 0 Å². The van der Waals surface area contributed by atoms with E-state index in [-0.39, 0.29) is 5.91 Å². The number of carbonyl (C=O) groups excluding carboxylic acids is 1. The van der Waals surface area contributed by atoms with Gasteiger partial charge in [0.2, 0.25) is 0 Å². The first-order valence-corrected chi connectivity index (χ1v) is 4.87. The van der Waals surface area contributed by atoms with Crippen molar-refractivity contribution in [1.29, 1.82) is 0 Å².